The van der Waals surface area contributed by atoms with Gasteiger partial charge in [-0.25, -0.2) is 0 Å². The number of nitrogens with one attached hydrogen (secondary N) is 1. The van der Waals surface area contributed by atoms with E-state index in [1.807, 2.05) is 6.07 Å². The molecule has 0 bridgehead atoms. The van der Waals surface area contributed by atoms with Gasteiger partial charge in [-0.3, -0.25) is 10.1 Å². The highest BCUT2D eigenvalue weighted by molar-refractivity contribution is 5.85. The third-order valence-corrected chi connectivity index (χ3v) is 2.78. The Morgan fingerprint density at radius 2 is 1.50 bits per heavy atom. The van der Waals surface area contributed by atoms with Crippen LogP contribution in [0.4, 0.5) is 0 Å². The number of hydrogen-bond donors (Lipinski definition) is 2. The van der Waals surface area contributed by atoms with Crippen molar-refractivity contribution in [1.82, 2.24) is 5.32 Å². The van der Waals surface area contributed by atoms with Crippen LogP contribution in [0, 0.1) is 10.1 Å². The molecule has 0 amide bonds. The first-order valence-electron chi connectivity index (χ1n) is 6.08. The second-order valence-electron chi connectivity index (χ2n) is 4.05. The van der Waals surface area contributed by atoms with E-state index >= 15 is 0 Å². The van der Waals surface area contributed by atoms with Gasteiger partial charge in [-0.1, -0.05) is 48.5 Å². The number of aliphatic hydroxyl groups excluding tert-OH is 1. The highest BCUT2D eigenvalue weighted by atomic mass is 16.6. The lowest BCUT2D eigenvalue weighted by Gasteiger charge is -2.10. The Bertz CT molecular complexity index is 610. The minimum Gasteiger partial charge on any atom is -0.377 e. The summed E-state index contributed by atoms with van der Waals surface area (Å²) in [5, 5.41) is 23.2. The third kappa shape index (κ3) is 3.02. The first kappa shape index (κ1) is 13.8. The Balaban J connectivity index is 2.64. The Kier molecular flexibility index (Phi) is 4.47. The summed E-state index contributed by atoms with van der Waals surface area (Å²) in [6.07, 6.45) is 0. The molecule has 0 spiro atoms. The second-order valence-corrected chi connectivity index (χ2v) is 4.05. The Hall–Kier alpha value is -2.66. The minimum absolute atomic E-state index is 0.0640. The summed E-state index contributed by atoms with van der Waals surface area (Å²) >= 11 is 0. The molecule has 5 nitrogen and oxygen atoms in total. The number of aliphatic hydroxyl groups is 1. The lowest BCUT2D eigenvalue weighted by Crippen LogP contribution is -2.17. The highest BCUT2D eigenvalue weighted by Crippen LogP contribution is 2.24. The lowest BCUT2D eigenvalue weighted by atomic mass is 10.1. The molecule has 20 heavy (non-hydrogen) atoms. The van der Waals surface area contributed by atoms with E-state index in [0.717, 1.165) is 0 Å². The van der Waals surface area contributed by atoms with E-state index in [0.29, 0.717) is 16.8 Å². The predicted octanol–water partition coefficient (Wildman–Crippen LogP) is 2.33. The minimum atomic E-state index is -0.444. The van der Waals surface area contributed by atoms with Gasteiger partial charge in [0.25, 0.3) is 5.70 Å². The zero-order chi connectivity index (χ0) is 14.4. The van der Waals surface area contributed by atoms with Crippen molar-refractivity contribution in [1.29, 1.82) is 0 Å². The summed E-state index contributed by atoms with van der Waals surface area (Å²) in [6.45, 7) is -0.381. The Morgan fingerprint density at radius 1 is 1.00 bits per heavy atom. The van der Waals surface area contributed by atoms with Crippen molar-refractivity contribution in [2.24, 2.45) is 0 Å². The first-order chi connectivity index (χ1) is 9.74. The Labute approximate surface area is 116 Å². The van der Waals surface area contributed by atoms with Crippen LogP contribution in [-0.4, -0.2) is 16.8 Å². The highest BCUT2D eigenvalue weighted by Gasteiger charge is 2.21. The number of rotatable bonds is 5. The largest absolute Gasteiger partial charge is 0.377 e. The SMILES string of the molecule is O=[N+]([O-])C(=C(NCO)c1ccccc1)c1ccccc1. The van der Waals surface area contributed by atoms with E-state index in [4.69, 9.17) is 5.11 Å². The van der Waals surface area contributed by atoms with Crippen LogP contribution in [0.3, 0.4) is 0 Å². The van der Waals surface area contributed by atoms with Gasteiger partial charge in [-0.2, -0.15) is 0 Å². The van der Waals surface area contributed by atoms with E-state index in [2.05, 4.69) is 5.32 Å². The van der Waals surface area contributed by atoms with Crippen LogP contribution in [-0.2, 0) is 0 Å². The van der Waals surface area contributed by atoms with Gasteiger partial charge in [0.1, 0.15) is 12.4 Å². The molecule has 102 valence electrons. The fraction of sp³-hybridized carbons (Fsp3) is 0.0667. The second kappa shape index (κ2) is 6.49. The van der Waals surface area contributed by atoms with Crippen LogP contribution < -0.4 is 5.32 Å². The molecule has 0 heterocycles. The summed E-state index contributed by atoms with van der Waals surface area (Å²) in [4.78, 5) is 11.0. The summed E-state index contributed by atoms with van der Waals surface area (Å²) in [6, 6.07) is 17.5. The number of nitrogens with zero attached hydrogens (tertiary/aromatic N) is 1. The smallest absolute Gasteiger partial charge is 0.300 e. The van der Waals surface area contributed by atoms with Gasteiger partial charge in [0.15, 0.2) is 0 Å². The monoisotopic (exact) mass is 270 g/mol. The van der Waals surface area contributed by atoms with Crippen molar-refractivity contribution in [2.75, 3.05) is 6.73 Å². The molecule has 0 aliphatic rings. The molecule has 0 saturated carbocycles. The molecule has 0 aromatic heterocycles. The predicted molar refractivity (Wildman–Crippen MR) is 76.9 cm³/mol. The van der Waals surface area contributed by atoms with E-state index in [9.17, 15) is 10.1 Å². The van der Waals surface area contributed by atoms with Crippen molar-refractivity contribution in [3.63, 3.8) is 0 Å². The molecule has 0 aliphatic heterocycles. The van der Waals surface area contributed by atoms with Crippen molar-refractivity contribution < 1.29 is 10.0 Å². The number of hydrogen-bond acceptors (Lipinski definition) is 4. The molecular weight excluding hydrogens is 256 g/mol. The van der Waals surface area contributed by atoms with Crippen LogP contribution in [0.25, 0.3) is 11.4 Å². The number of benzene rings is 2. The van der Waals surface area contributed by atoms with Crippen LogP contribution in [0.2, 0.25) is 0 Å². The fourth-order valence-corrected chi connectivity index (χ4v) is 1.94. The topological polar surface area (TPSA) is 75.4 Å². The molecule has 0 atom stereocenters. The maximum Gasteiger partial charge on any atom is 0.300 e. The molecule has 0 unspecified atom stereocenters. The van der Waals surface area contributed by atoms with E-state index in [1.54, 1.807) is 54.6 Å². The van der Waals surface area contributed by atoms with Crippen LogP contribution >= 0.6 is 0 Å². The van der Waals surface area contributed by atoms with Gasteiger partial charge in [0.05, 0.1) is 10.5 Å². The van der Waals surface area contributed by atoms with Crippen molar-refractivity contribution in [3.05, 3.63) is 81.9 Å². The van der Waals surface area contributed by atoms with Gasteiger partial charge >= 0.3 is 0 Å². The molecular formula is C15H14N2O3. The van der Waals surface area contributed by atoms with E-state index < -0.39 is 4.92 Å². The Morgan fingerprint density at radius 3 is 1.95 bits per heavy atom. The molecule has 0 radical (unpaired) electrons. The van der Waals surface area contributed by atoms with Gasteiger partial charge in [0.2, 0.25) is 0 Å². The average molecular weight is 270 g/mol. The molecule has 2 rings (SSSR count). The number of nitro groups is 1. The maximum absolute atomic E-state index is 11.4. The van der Waals surface area contributed by atoms with Crippen LogP contribution in [0.1, 0.15) is 11.1 Å². The molecule has 2 N–H and O–H groups in total. The van der Waals surface area contributed by atoms with Gasteiger partial charge in [-0.05, 0) is 12.1 Å². The first-order valence-corrected chi connectivity index (χ1v) is 6.08. The summed E-state index contributed by atoms with van der Waals surface area (Å²) in [5.41, 5.74) is 1.37. The average Bonchev–Trinajstić information content (AvgIpc) is 2.48. The van der Waals surface area contributed by atoms with Crippen molar-refractivity contribution in [2.45, 2.75) is 0 Å². The van der Waals surface area contributed by atoms with Crippen LogP contribution in [0.5, 0.6) is 0 Å². The van der Waals surface area contributed by atoms with Crippen LogP contribution in [0.15, 0.2) is 60.7 Å². The van der Waals surface area contributed by atoms with Gasteiger partial charge in [-0.15, -0.1) is 0 Å². The van der Waals surface area contributed by atoms with Crippen molar-refractivity contribution in [3.8, 4) is 0 Å². The van der Waals surface area contributed by atoms with Gasteiger partial charge < -0.3 is 10.4 Å². The molecule has 0 saturated heterocycles. The van der Waals surface area contributed by atoms with E-state index in [-0.39, 0.29) is 12.4 Å². The normalized spacial score (nSPS) is 11.7. The maximum atomic E-state index is 11.4. The summed E-state index contributed by atoms with van der Waals surface area (Å²) in [7, 11) is 0. The zero-order valence-electron chi connectivity index (χ0n) is 10.7. The fourth-order valence-electron chi connectivity index (χ4n) is 1.94. The quantitative estimate of drug-likeness (QED) is 0.378. The molecule has 2 aromatic carbocycles. The van der Waals surface area contributed by atoms with Gasteiger partial charge in [0, 0.05) is 5.56 Å². The molecule has 2 aromatic rings. The lowest BCUT2D eigenvalue weighted by molar-refractivity contribution is -0.374. The van der Waals surface area contributed by atoms with Crippen molar-refractivity contribution >= 4 is 11.4 Å². The molecule has 5 heteroatoms. The van der Waals surface area contributed by atoms with E-state index in [1.165, 1.54) is 0 Å². The molecule has 0 aliphatic carbocycles. The zero-order valence-corrected chi connectivity index (χ0v) is 10.7. The summed E-state index contributed by atoms with van der Waals surface area (Å²) in [5.74, 6) is 0. The standard InChI is InChI=1S/C15H14N2O3/c18-11-16-14(12-7-3-1-4-8-12)15(17(19)20)13-9-5-2-6-10-13/h1-10,16,18H,11H2. The summed E-state index contributed by atoms with van der Waals surface area (Å²) < 4.78 is 0. The molecule has 0 fully saturated rings. The third-order valence-electron chi connectivity index (χ3n) is 2.78.